The zero-order valence-corrected chi connectivity index (χ0v) is 10.6. The first-order valence-electron chi connectivity index (χ1n) is 5.70. The summed E-state index contributed by atoms with van der Waals surface area (Å²) in [7, 11) is 1.47. The van der Waals surface area contributed by atoms with E-state index in [9.17, 15) is 14.3 Å². The zero-order chi connectivity index (χ0) is 14.0. The fourth-order valence-electron chi connectivity index (χ4n) is 1.97. The van der Waals surface area contributed by atoms with Crippen LogP contribution in [0.2, 0.25) is 0 Å². The van der Waals surface area contributed by atoms with Crippen molar-refractivity contribution in [2.24, 2.45) is 0 Å². The summed E-state index contributed by atoms with van der Waals surface area (Å²) in [5.74, 6) is -1.01. The number of carboxylic acids is 1. The fraction of sp³-hybridized carbons (Fsp3) is 0.133. The monoisotopic (exact) mass is 260 g/mol. The molecule has 0 saturated carbocycles. The fourth-order valence-corrected chi connectivity index (χ4v) is 1.97. The Morgan fingerprint density at radius 3 is 2.53 bits per heavy atom. The molecule has 19 heavy (non-hydrogen) atoms. The number of methoxy groups -OCH3 is 1. The standard InChI is InChI=1S/C15H13FO3/c1-9-5-10(7-11(16)6-9)13-4-3-12(19-2)8-14(13)15(17)18/h3-8H,1-2H3,(H,17,18). The van der Waals surface area contributed by atoms with Crippen molar-refractivity contribution in [2.75, 3.05) is 7.11 Å². The van der Waals surface area contributed by atoms with Gasteiger partial charge in [-0.05, 0) is 53.9 Å². The first kappa shape index (κ1) is 13.1. The summed E-state index contributed by atoms with van der Waals surface area (Å²) >= 11 is 0. The van der Waals surface area contributed by atoms with Crippen LogP contribution in [0.4, 0.5) is 4.39 Å². The molecule has 0 spiro atoms. The third kappa shape index (κ3) is 2.73. The van der Waals surface area contributed by atoms with E-state index in [1.165, 1.54) is 25.3 Å². The van der Waals surface area contributed by atoms with Crippen molar-refractivity contribution in [1.82, 2.24) is 0 Å². The van der Waals surface area contributed by atoms with E-state index in [0.717, 1.165) is 5.56 Å². The largest absolute Gasteiger partial charge is 0.497 e. The maximum absolute atomic E-state index is 13.4. The lowest BCUT2D eigenvalue weighted by molar-refractivity contribution is 0.0697. The highest BCUT2D eigenvalue weighted by molar-refractivity contribution is 5.96. The number of aromatic carboxylic acids is 1. The third-order valence-electron chi connectivity index (χ3n) is 2.81. The Labute approximate surface area is 110 Å². The summed E-state index contributed by atoms with van der Waals surface area (Å²) < 4.78 is 18.4. The van der Waals surface area contributed by atoms with Gasteiger partial charge < -0.3 is 9.84 Å². The number of carbonyl (C=O) groups is 1. The lowest BCUT2D eigenvalue weighted by atomic mass is 9.98. The lowest BCUT2D eigenvalue weighted by Gasteiger charge is -2.09. The van der Waals surface area contributed by atoms with Crippen LogP contribution in [0.5, 0.6) is 5.75 Å². The number of benzene rings is 2. The van der Waals surface area contributed by atoms with Crippen molar-refractivity contribution >= 4 is 5.97 Å². The Hall–Kier alpha value is -2.36. The SMILES string of the molecule is COc1ccc(-c2cc(C)cc(F)c2)c(C(=O)O)c1. The van der Waals surface area contributed by atoms with Crippen molar-refractivity contribution in [2.45, 2.75) is 6.92 Å². The Morgan fingerprint density at radius 2 is 1.95 bits per heavy atom. The van der Waals surface area contributed by atoms with Crippen LogP contribution in [0.15, 0.2) is 36.4 Å². The minimum atomic E-state index is -1.07. The highest BCUT2D eigenvalue weighted by Crippen LogP contribution is 2.28. The topological polar surface area (TPSA) is 46.5 Å². The summed E-state index contributed by atoms with van der Waals surface area (Å²) in [5, 5.41) is 9.24. The Kier molecular flexibility index (Phi) is 3.51. The predicted octanol–water partition coefficient (Wildman–Crippen LogP) is 3.51. The van der Waals surface area contributed by atoms with Crippen LogP contribution < -0.4 is 4.74 Å². The summed E-state index contributed by atoms with van der Waals surface area (Å²) in [4.78, 5) is 11.3. The molecular weight excluding hydrogens is 247 g/mol. The number of halogens is 1. The second kappa shape index (κ2) is 5.10. The molecule has 2 aromatic rings. The van der Waals surface area contributed by atoms with Crippen LogP contribution in [0.1, 0.15) is 15.9 Å². The van der Waals surface area contributed by atoms with Crippen molar-refractivity contribution in [1.29, 1.82) is 0 Å². The average molecular weight is 260 g/mol. The minimum Gasteiger partial charge on any atom is -0.497 e. The van der Waals surface area contributed by atoms with E-state index in [0.29, 0.717) is 16.9 Å². The molecule has 2 rings (SSSR count). The van der Waals surface area contributed by atoms with Crippen LogP contribution in [0, 0.1) is 12.7 Å². The van der Waals surface area contributed by atoms with Gasteiger partial charge in [-0.2, -0.15) is 0 Å². The first-order valence-corrected chi connectivity index (χ1v) is 5.70. The van der Waals surface area contributed by atoms with Gasteiger partial charge in [0.25, 0.3) is 0 Å². The lowest BCUT2D eigenvalue weighted by Crippen LogP contribution is -2.00. The second-order valence-corrected chi connectivity index (χ2v) is 4.23. The molecule has 0 atom stereocenters. The van der Waals surface area contributed by atoms with Crippen LogP contribution in [-0.2, 0) is 0 Å². The molecule has 0 fully saturated rings. The van der Waals surface area contributed by atoms with Gasteiger partial charge in [-0.1, -0.05) is 6.07 Å². The van der Waals surface area contributed by atoms with Crippen molar-refractivity contribution in [3.63, 3.8) is 0 Å². The maximum atomic E-state index is 13.4. The highest BCUT2D eigenvalue weighted by atomic mass is 19.1. The van der Waals surface area contributed by atoms with E-state index < -0.39 is 5.97 Å². The minimum absolute atomic E-state index is 0.0874. The molecular formula is C15H13FO3. The first-order chi connectivity index (χ1) is 9.01. The Morgan fingerprint density at radius 1 is 1.21 bits per heavy atom. The number of ether oxygens (including phenoxy) is 1. The molecule has 0 radical (unpaired) electrons. The molecule has 1 N–H and O–H groups in total. The van der Waals surface area contributed by atoms with Gasteiger partial charge in [-0.25, -0.2) is 9.18 Å². The molecule has 0 saturated heterocycles. The van der Waals surface area contributed by atoms with Crippen LogP contribution in [-0.4, -0.2) is 18.2 Å². The average Bonchev–Trinajstić information content (AvgIpc) is 2.36. The summed E-state index contributed by atoms with van der Waals surface area (Å²) in [5.41, 5.74) is 1.83. The maximum Gasteiger partial charge on any atom is 0.336 e. The Balaban J connectivity index is 2.64. The normalized spacial score (nSPS) is 10.3. The molecule has 0 unspecified atom stereocenters. The van der Waals surface area contributed by atoms with Crippen molar-refractivity contribution in [3.05, 3.63) is 53.3 Å². The van der Waals surface area contributed by atoms with Gasteiger partial charge in [-0.3, -0.25) is 0 Å². The van der Waals surface area contributed by atoms with Crippen LogP contribution >= 0.6 is 0 Å². The summed E-state index contributed by atoms with van der Waals surface area (Å²) in [6.45, 7) is 1.76. The molecule has 2 aromatic carbocycles. The molecule has 0 aliphatic heterocycles. The molecule has 0 heterocycles. The van der Waals surface area contributed by atoms with E-state index in [-0.39, 0.29) is 11.4 Å². The summed E-state index contributed by atoms with van der Waals surface area (Å²) in [6, 6.07) is 9.17. The van der Waals surface area contributed by atoms with E-state index >= 15 is 0 Å². The van der Waals surface area contributed by atoms with Crippen LogP contribution in [0.25, 0.3) is 11.1 Å². The smallest absolute Gasteiger partial charge is 0.336 e. The molecule has 4 heteroatoms. The van der Waals surface area contributed by atoms with Gasteiger partial charge in [0.15, 0.2) is 0 Å². The molecule has 98 valence electrons. The van der Waals surface area contributed by atoms with Gasteiger partial charge in [0.05, 0.1) is 12.7 Å². The molecule has 0 amide bonds. The number of aryl methyl sites for hydroxylation is 1. The molecule has 0 bridgehead atoms. The molecule has 0 aliphatic carbocycles. The molecule has 0 aliphatic rings. The van der Waals surface area contributed by atoms with Crippen LogP contribution in [0.3, 0.4) is 0 Å². The van der Waals surface area contributed by atoms with E-state index in [4.69, 9.17) is 4.74 Å². The van der Waals surface area contributed by atoms with E-state index in [1.54, 1.807) is 25.1 Å². The quantitative estimate of drug-likeness (QED) is 0.918. The predicted molar refractivity (Wildman–Crippen MR) is 70.1 cm³/mol. The number of hydrogen-bond acceptors (Lipinski definition) is 2. The van der Waals surface area contributed by atoms with Gasteiger partial charge >= 0.3 is 5.97 Å². The van der Waals surface area contributed by atoms with E-state index in [1.807, 2.05) is 0 Å². The van der Waals surface area contributed by atoms with Gasteiger partial charge in [0, 0.05) is 0 Å². The number of rotatable bonds is 3. The number of hydrogen-bond donors (Lipinski definition) is 1. The second-order valence-electron chi connectivity index (χ2n) is 4.23. The highest BCUT2D eigenvalue weighted by Gasteiger charge is 2.14. The Bertz CT molecular complexity index is 615. The van der Waals surface area contributed by atoms with Gasteiger partial charge in [0.1, 0.15) is 11.6 Å². The van der Waals surface area contributed by atoms with Crippen molar-refractivity contribution < 1.29 is 19.0 Å². The zero-order valence-electron chi connectivity index (χ0n) is 10.6. The van der Waals surface area contributed by atoms with E-state index in [2.05, 4.69) is 0 Å². The summed E-state index contributed by atoms with van der Waals surface area (Å²) in [6.07, 6.45) is 0. The molecule has 3 nitrogen and oxygen atoms in total. The van der Waals surface area contributed by atoms with Gasteiger partial charge in [0.2, 0.25) is 0 Å². The number of carboxylic acid groups (broad SMARTS) is 1. The molecule has 0 aromatic heterocycles. The van der Waals surface area contributed by atoms with Crippen molar-refractivity contribution in [3.8, 4) is 16.9 Å². The third-order valence-corrected chi connectivity index (χ3v) is 2.81. The van der Waals surface area contributed by atoms with Gasteiger partial charge in [-0.15, -0.1) is 0 Å².